The van der Waals surface area contributed by atoms with Gasteiger partial charge in [0.1, 0.15) is 36.0 Å². The Morgan fingerprint density at radius 2 is 1.85 bits per heavy atom. The number of likely N-dealkylation sites (tertiary alicyclic amines) is 1. The highest BCUT2D eigenvalue weighted by Gasteiger charge is 2.49. The van der Waals surface area contributed by atoms with Crippen molar-refractivity contribution < 1.29 is 37.4 Å². The third-order valence-electron chi connectivity index (χ3n) is 12.0. The molecule has 2 aromatic heterocycles. The Bertz CT molecular complexity index is 2290. The molecular weight excluding hydrogens is 809 g/mol. The fourth-order valence-electron chi connectivity index (χ4n) is 8.71. The van der Waals surface area contributed by atoms with Crippen molar-refractivity contribution in [2.24, 2.45) is 5.92 Å². The van der Waals surface area contributed by atoms with Crippen LogP contribution in [0.15, 0.2) is 67.1 Å². The molecule has 318 valence electrons. The minimum absolute atomic E-state index is 0.0268. The number of anilines is 1. The minimum Gasteiger partial charge on any atom is -0.465 e. The number of aromatic nitrogens is 2. The lowest BCUT2D eigenvalue weighted by atomic mass is 9.91. The lowest BCUT2D eigenvalue weighted by Gasteiger charge is -2.44. The number of hydrogen-bond donors (Lipinski definition) is 2. The van der Waals surface area contributed by atoms with Gasteiger partial charge in [-0.1, -0.05) is 38.1 Å². The van der Waals surface area contributed by atoms with E-state index in [1.54, 1.807) is 53.7 Å². The van der Waals surface area contributed by atoms with E-state index in [1.807, 2.05) is 18.0 Å². The molecule has 0 aliphatic carbocycles. The molecular formula is C43H51FN7O7PS. The third kappa shape index (κ3) is 8.51. The topological polar surface area (TPSA) is 163 Å². The molecule has 17 heteroatoms. The Labute approximate surface area is 352 Å². The van der Waals surface area contributed by atoms with Crippen LogP contribution < -0.4 is 19.8 Å². The van der Waals surface area contributed by atoms with E-state index in [0.717, 1.165) is 43.7 Å². The second-order valence-corrected chi connectivity index (χ2v) is 19.6. The maximum Gasteiger partial charge on any atom is 0.355 e. The number of rotatable bonds is 14. The fraction of sp³-hybridized carbons (Fsp3) is 0.488. The standard InChI is InChI=1S/C43H51FN7O7PS/c1-4-17-57-43(55)27(3)48-59(56,58-32-9-6-5-7-10-32)38(44)28-11-14-36-29(20-28)21-37(60-36)40(52)47-34-19-26(2)18-31-12-13-35(51(31)41(34)53)42(54)50-23-30(24-50)33-22-45-25-46-39(33)49-15-8-16-49/h5-7,9-11,14,20-22,25-27,30-31,34-35,38H,4,8,12-13,15-19,23-24H2,1-3H3,(H,47,52)(H,48,56)/t26-,27-,31+,34-,35-,38+,59?/m0/s1. The van der Waals surface area contributed by atoms with Crippen molar-refractivity contribution in [3.05, 3.63) is 83.1 Å². The Morgan fingerprint density at radius 3 is 2.58 bits per heavy atom. The summed E-state index contributed by atoms with van der Waals surface area (Å²) in [6.45, 7) is 8.54. The van der Waals surface area contributed by atoms with Crippen molar-refractivity contribution in [3.8, 4) is 5.75 Å². The quantitative estimate of drug-likeness (QED) is 0.104. The molecule has 7 atom stereocenters. The predicted molar refractivity (Wildman–Crippen MR) is 226 cm³/mol. The van der Waals surface area contributed by atoms with Gasteiger partial charge in [0.15, 0.2) is 0 Å². The zero-order chi connectivity index (χ0) is 42.1. The first-order valence-corrected chi connectivity index (χ1v) is 23.4. The third-order valence-corrected chi connectivity index (χ3v) is 15.2. The Hall–Kier alpha value is -4.92. The van der Waals surface area contributed by atoms with Gasteiger partial charge in [0.2, 0.25) is 17.7 Å². The van der Waals surface area contributed by atoms with E-state index < -0.39 is 43.4 Å². The van der Waals surface area contributed by atoms with Gasteiger partial charge in [-0.25, -0.2) is 19.4 Å². The van der Waals surface area contributed by atoms with Crippen LogP contribution in [0.3, 0.4) is 0 Å². The van der Waals surface area contributed by atoms with E-state index >= 15 is 4.39 Å². The summed E-state index contributed by atoms with van der Waals surface area (Å²) >= 11 is 1.19. The summed E-state index contributed by atoms with van der Waals surface area (Å²) < 4.78 is 42.5. The number of alkyl halides is 1. The molecule has 2 N–H and O–H groups in total. The molecule has 0 saturated carbocycles. The Morgan fingerprint density at radius 1 is 1.07 bits per heavy atom. The zero-order valence-electron chi connectivity index (χ0n) is 34.0. The van der Waals surface area contributed by atoms with Crippen LogP contribution in [-0.4, -0.2) is 100 Å². The number of nitrogens with one attached hydrogen (secondary N) is 2. The highest BCUT2D eigenvalue weighted by Crippen LogP contribution is 2.58. The average molecular weight is 860 g/mol. The summed E-state index contributed by atoms with van der Waals surface area (Å²) in [6.07, 6.45) is 7.62. The van der Waals surface area contributed by atoms with E-state index in [4.69, 9.17) is 9.26 Å². The highest BCUT2D eigenvalue weighted by atomic mass is 32.1. The van der Waals surface area contributed by atoms with Gasteiger partial charge in [-0.3, -0.25) is 23.7 Å². The number of halogens is 1. The first-order chi connectivity index (χ1) is 28.9. The van der Waals surface area contributed by atoms with Crippen molar-refractivity contribution >= 4 is 58.5 Å². The van der Waals surface area contributed by atoms with Gasteiger partial charge in [-0.2, -0.15) is 0 Å². The number of hydrogen-bond acceptors (Lipinski definition) is 11. The molecule has 4 saturated heterocycles. The van der Waals surface area contributed by atoms with Gasteiger partial charge < -0.3 is 29.3 Å². The van der Waals surface area contributed by atoms with Crippen LogP contribution in [0, 0.1) is 5.92 Å². The fourth-order valence-corrected chi connectivity index (χ4v) is 11.6. The second kappa shape index (κ2) is 17.6. The maximum absolute atomic E-state index is 16.5. The number of amides is 3. The van der Waals surface area contributed by atoms with Gasteiger partial charge in [-0.15, -0.1) is 11.3 Å². The van der Waals surface area contributed by atoms with Crippen LogP contribution in [0.5, 0.6) is 5.75 Å². The molecule has 4 aliphatic heterocycles. The molecule has 2 aromatic carbocycles. The van der Waals surface area contributed by atoms with Crippen molar-refractivity contribution in [2.45, 2.75) is 95.3 Å². The molecule has 0 spiro atoms. The van der Waals surface area contributed by atoms with Crippen molar-refractivity contribution in [1.29, 1.82) is 0 Å². The summed E-state index contributed by atoms with van der Waals surface area (Å²) in [5.74, 6) is -2.27. The van der Waals surface area contributed by atoms with E-state index in [0.29, 0.717) is 47.3 Å². The molecule has 4 fully saturated rings. The smallest absolute Gasteiger partial charge is 0.355 e. The van der Waals surface area contributed by atoms with Crippen LogP contribution in [0.4, 0.5) is 10.2 Å². The molecule has 4 aromatic rings. The first-order valence-electron chi connectivity index (χ1n) is 20.9. The number of thiophene rings is 1. The minimum atomic E-state index is -4.45. The van der Waals surface area contributed by atoms with Gasteiger partial charge in [0.05, 0.1) is 11.5 Å². The van der Waals surface area contributed by atoms with Gasteiger partial charge in [-0.05, 0) is 92.6 Å². The summed E-state index contributed by atoms with van der Waals surface area (Å²) in [5, 5.41) is 6.11. The number of benzene rings is 2. The van der Waals surface area contributed by atoms with E-state index in [9.17, 15) is 23.7 Å². The predicted octanol–water partition coefficient (Wildman–Crippen LogP) is 6.59. The lowest BCUT2D eigenvalue weighted by molar-refractivity contribution is -0.148. The molecule has 4 aliphatic rings. The second-order valence-electron chi connectivity index (χ2n) is 16.4. The van der Waals surface area contributed by atoms with Crippen LogP contribution in [0.25, 0.3) is 10.1 Å². The Kier molecular flexibility index (Phi) is 12.3. The summed E-state index contributed by atoms with van der Waals surface area (Å²) in [6, 6.07) is 11.8. The molecule has 0 bridgehead atoms. The van der Waals surface area contributed by atoms with Crippen molar-refractivity contribution in [3.63, 3.8) is 0 Å². The molecule has 0 radical (unpaired) electrons. The number of carbonyl (C=O) groups is 4. The molecule has 1 unspecified atom stereocenters. The molecule has 6 heterocycles. The summed E-state index contributed by atoms with van der Waals surface area (Å²) in [4.78, 5) is 69.7. The van der Waals surface area contributed by atoms with Gasteiger partial charge >= 0.3 is 13.5 Å². The SMILES string of the molecule is CCCOC(=O)[C@H](C)NP(=O)(Oc1ccccc1)[C@@H](F)c1ccc2sc(C(=O)N[C@H]3C[C@@H](C)C[C@H]4CC[C@@H](C(=O)N5CC(c6cncnc6N6CCC6)C5)N4C3=O)cc2c1. The Balaban J connectivity index is 0.953. The number of fused-ring (bicyclic) bond motifs is 2. The van der Waals surface area contributed by atoms with E-state index in [1.165, 1.54) is 30.4 Å². The molecule has 14 nitrogen and oxygen atoms in total. The number of para-hydroxylation sites is 1. The van der Waals surface area contributed by atoms with E-state index in [-0.39, 0.29) is 47.6 Å². The van der Waals surface area contributed by atoms with Crippen molar-refractivity contribution in [1.82, 2.24) is 30.2 Å². The summed E-state index contributed by atoms with van der Waals surface area (Å²) in [7, 11) is -4.45. The van der Waals surface area contributed by atoms with Gasteiger partial charge in [0.25, 0.3) is 5.91 Å². The highest BCUT2D eigenvalue weighted by molar-refractivity contribution is 7.57. The van der Waals surface area contributed by atoms with E-state index in [2.05, 4.69) is 32.2 Å². The average Bonchev–Trinajstić information content (AvgIpc) is 3.80. The van der Waals surface area contributed by atoms with Crippen LogP contribution >= 0.6 is 18.9 Å². The van der Waals surface area contributed by atoms with Crippen molar-refractivity contribution in [2.75, 3.05) is 37.7 Å². The maximum atomic E-state index is 16.5. The zero-order valence-corrected chi connectivity index (χ0v) is 35.7. The normalized spacial score (nSPS) is 23.7. The van der Waals surface area contributed by atoms with Crippen LogP contribution in [0.1, 0.15) is 91.9 Å². The van der Waals surface area contributed by atoms with Gasteiger partial charge in [0, 0.05) is 54.6 Å². The number of esters is 1. The molecule has 3 amide bonds. The number of nitrogens with zero attached hydrogens (tertiary/aromatic N) is 5. The van der Waals surface area contributed by atoms with Crippen LogP contribution in [0.2, 0.25) is 0 Å². The molecule has 60 heavy (non-hydrogen) atoms. The van der Waals surface area contributed by atoms with Crippen LogP contribution in [-0.2, 0) is 23.7 Å². The summed E-state index contributed by atoms with van der Waals surface area (Å²) in [5.41, 5.74) is 1.08. The molecule has 8 rings (SSSR count). The number of carbonyl (C=O) groups excluding carboxylic acids is 4. The number of ether oxygens (including phenoxy) is 1. The lowest BCUT2D eigenvalue weighted by Crippen LogP contribution is -2.58. The first kappa shape index (κ1) is 41.8. The monoisotopic (exact) mass is 859 g/mol. The largest absolute Gasteiger partial charge is 0.465 e.